The molecular formula is C57H50N4. The molecule has 0 bridgehead atoms. The number of rotatable bonds is 8. The van der Waals surface area contributed by atoms with Crippen molar-refractivity contribution >= 4 is 49.2 Å². The molecule has 0 saturated heterocycles. The molecule has 0 atom stereocenters. The molecule has 2 heterocycles. The zero-order chi connectivity index (χ0) is 42.0. The molecule has 0 spiro atoms. The van der Waals surface area contributed by atoms with Gasteiger partial charge >= 0.3 is 0 Å². The van der Waals surface area contributed by atoms with Crippen LogP contribution in [0.15, 0.2) is 231 Å². The zero-order valence-electron chi connectivity index (χ0n) is 34.7. The van der Waals surface area contributed by atoms with Crippen LogP contribution in [0.1, 0.15) is 23.6 Å². The van der Waals surface area contributed by atoms with Crippen molar-refractivity contribution in [3.8, 4) is 22.5 Å². The summed E-state index contributed by atoms with van der Waals surface area (Å²) in [4.78, 5) is 0. The van der Waals surface area contributed by atoms with Crippen LogP contribution < -0.4 is 11.5 Å². The fourth-order valence-electron chi connectivity index (χ4n) is 7.91. The van der Waals surface area contributed by atoms with Crippen molar-refractivity contribution in [2.45, 2.75) is 20.3 Å². The van der Waals surface area contributed by atoms with Crippen molar-refractivity contribution in [2.75, 3.05) is 0 Å². The van der Waals surface area contributed by atoms with Crippen LogP contribution in [0, 0.1) is 6.92 Å². The Morgan fingerprint density at radius 2 is 1.20 bits per heavy atom. The predicted molar refractivity (Wildman–Crippen MR) is 263 cm³/mol. The second-order valence-electron chi connectivity index (χ2n) is 15.0. The lowest BCUT2D eigenvalue weighted by Crippen LogP contribution is -1.98. The number of hydrogen-bond donors (Lipinski definition) is 2. The average Bonchev–Trinajstić information content (AvgIpc) is 3.67. The number of hydrogen-bond acceptors (Lipinski definition) is 2. The number of nitrogens with zero attached hydrogens (tertiary/aromatic N) is 2. The standard InChI is InChI=1S/C50H39N3.C7H11N/c1-35-32-38(14-11-31-52(42-15-3-2-4-16-42)48-19-9-7-17-44(35)48)40-26-30-50-46(34-40)45-18-8-10-20-49(45)53(50)43-27-21-36(22-28-43)23-29-47(51)41-25-24-37-12-5-6-13-39(37)33-41;1-2-3-4-5-6-7-8/h2-22,24-34H,23,51H2,1H3;2-7H,8H2,1H3/b31-11?,35-32?,38-14?,47-29-;3-2+,5-4-,7-6-. The minimum atomic E-state index is 0.763. The first-order valence-corrected chi connectivity index (χ1v) is 20.8. The van der Waals surface area contributed by atoms with Gasteiger partial charge in [-0.25, -0.2) is 0 Å². The van der Waals surface area contributed by atoms with Crippen molar-refractivity contribution in [2.24, 2.45) is 11.5 Å². The van der Waals surface area contributed by atoms with E-state index in [1.54, 1.807) is 6.08 Å². The van der Waals surface area contributed by atoms with Crippen molar-refractivity contribution in [3.05, 3.63) is 248 Å². The summed E-state index contributed by atoms with van der Waals surface area (Å²) in [5.74, 6) is 0. The van der Waals surface area contributed by atoms with E-state index < -0.39 is 0 Å². The molecule has 0 radical (unpaired) electrons. The number of aromatic nitrogens is 2. The number of benzene rings is 7. The monoisotopic (exact) mass is 790 g/mol. The third-order valence-corrected chi connectivity index (χ3v) is 11.0. The first-order chi connectivity index (χ1) is 30.0. The smallest absolute Gasteiger partial charge is 0.0541 e. The van der Waals surface area contributed by atoms with E-state index in [1.165, 1.54) is 66.4 Å². The van der Waals surface area contributed by atoms with Crippen molar-refractivity contribution < 1.29 is 0 Å². The van der Waals surface area contributed by atoms with Gasteiger partial charge in [-0.2, -0.15) is 0 Å². The van der Waals surface area contributed by atoms with E-state index in [-0.39, 0.29) is 0 Å². The number of aryl methyl sites for hydroxylation is 1. The van der Waals surface area contributed by atoms with Gasteiger partial charge in [-0.15, -0.1) is 0 Å². The van der Waals surface area contributed by atoms with Gasteiger partial charge in [0.2, 0.25) is 0 Å². The minimum Gasteiger partial charge on any atom is -0.405 e. The summed E-state index contributed by atoms with van der Waals surface area (Å²) in [6, 6.07) is 65.2. The Balaban J connectivity index is 0.000000586. The highest BCUT2D eigenvalue weighted by Crippen LogP contribution is 2.35. The molecule has 0 aliphatic heterocycles. The topological polar surface area (TPSA) is 61.9 Å². The van der Waals surface area contributed by atoms with E-state index in [2.05, 4.69) is 210 Å². The maximum atomic E-state index is 6.56. The number of fused-ring (bicyclic) bond motifs is 5. The van der Waals surface area contributed by atoms with E-state index in [9.17, 15) is 0 Å². The Bertz CT molecular complexity index is 3120. The molecule has 4 N–H and O–H groups in total. The summed E-state index contributed by atoms with van der Waals surface area (Å²) in [6.07, 6.45) is 16.0. The maximum absolute atomic E-state index is 6.56. The summed E-state index contributed by atoms with van der Waals surface area (Å²) in [6.45, 7) is 4.18. The lowest BCUT2D eigenvalue weighted by Gasteiger charge is -2.10. The van der Waals surface area contributed by atoms with Crippen molar-refractivity contribution in [3.63, 3.8) is 0 Å². The minimum absolute atomic E-state index is 0.763. The van der Waals surface area contributed by atoms with Crippen LogP contribution in [0.3, 0.4) is 0 Å². The Morgan fingerprint density at radius 1 is 0.525 bits per heavy atom. The largest absolute Gasteiger partial charge is 0.405 e. The quantitative estimate of drug-likeness (QED) is 0.151. The van der Waals surface area contributed by atoms with Crippen LogP contribution in [-0.2, 0) is 6.42 Å². The van der Waals surface area contributed by atoms with Gasteiger partial charge in [0.15, 0.2) is 0 Å². The molecule has 61 heavy (non-hydrogen) atoms. The molecule has 0 unspecified atom stereocenters. The first kappa shape index (κ1) is 40.0. The molecule has 0 fully saturated rings. The third kappa shape index (κ3) is 8.95. The van der Waals surface area contributed by atoms with E-state index in [4.69, 9.17) is 11.5 Å². The second-order valence-corrected chi connectivity index (χ2v) is 15.0. The molecule has 0 aliphatic carbocycles. The summed E-state index contributed by atoms with van der Waals surface area (Å²) >= 11 is 0. The SMILES string of the molecule is C/C=C/C=C\C=C/N.Cc1cc(-c2ccc3c(c2)c2ccccc2n3-c2ccc(C/C=C(\N)c3ccc4ccccc4c3)cc2)cccn(-c2ccccc2)c2ccccc12. The first-order valence-electron chi connectivity index (χ1n) is 20.8. The van der Waals surface area contributed by atoms with Gasteiger partial charge in [0.05, 0.1) is 16.6 Å². The molecule has 7 aromatic carbocycles. The van der Waals surface area contributed by atoms with Crippen LogP contribution in [0.5, 0.6) is 0 Å². The summed E-state index contributed by atoms with van der Waals surface area (Å²) in [7, 11) is 0. The van der Waals surface area contributed by atoms with Crippen LogP contribution in [0.4, 0.5) is 0 Å². The molecule has 4 nitrogen and oxygen atoms in total. The molecular weight excluding hydrogens is 741 g/mol. The van der Waals surface area contributed by atoms with Crippen LogP contribution in [0.2, 0.25) is 0 Å². The number of para-hydroxylation sites is 3. The van der Waals surface area contributed by atoms with E-state index >= 15 is 0 Å². The fourth-order valence-corrected chi connectivity index (χ4v) is 7.91. The molecule has 9 rings (SSSR count). The molecule has 0 aliphatic rings. The highest BCUT2D eigenvalue weighted by atomic mass is 15.0. The molecule has 0 amide bonds. The Labute approximate surface area is 358 Å². The van der Waals surface area contributed by atoms with Gasteiger partial charge in [0.1, 0.15) is 0 Å². The lowest BCUT2D eigenvalue weighted by molar-refractivity contribution is 1.11. The Hall–Kier alpha value is -7.82. The Morgan fingerprint density at radius 3 is 1.98 bits per heavy atom. The molecule has 4 heteroatoms. The third-order valence-electron chi connectivity index (χ3n) is 11.0. The molecule has 9 aromatic rings. The molecule has 2 aromatic heterocycles. The fraction of sp³-hybridized carbons (Fsp3) is 0.0526. The number of nitrogens with two attached hydrogens (primary N) is 2. The van der Waals surface area contributed by atoms with E-state index in [0.717, 1.165) is 34.6 Å². The number of allylic oxidation sites excluding steroid dienone is 6. The predicted octanol–water partition coefficient (Wildman–Crippen LogP) is 14.1. The van der Waals surface area contributed by atoms with Gasteiger partial charge in [0, 0.05) is 39.4 Å². The lowest BCUT2D eigenvalue weighted by atomic mass is 10.0. The normalized spacial score (nSPS) is 11.9. The summed E-state index contributed by atoms with van der Waals surface area (Å²) in [5, 5.41) is 6.10. The Kier molecular flexibility index (Phi) is 12.3. The van der Waals surface area contributed by atoms with E-state index in [0.29, 0.717) is 0 Å². The highest BCUT2D eigenvalue weighted by Gasteiger charge is 2.13. The van der Waals surface area contributed by atoms with Crippen molar-refractivity contribution in [1.29, 1.82) is 0 Å². The average molecular weight is 791 g/mol. The highest BCUT2D eigenvalue weighted by molar-refractivity contribution is 6.10. The van der Waals surface area contributed by atoms with Gasteiger partial charge in [-0.3, -0.25) is 0 Å². The van der Waals surface area contributed by atoms with Crippen LogP contribution in [-0.4, -0.2) is 9.13 Å². The van der Waals surface area contributed by atoms with Gasteiger partial charge < -0.3 is 20.6 Å². The zero-order valence-corrected chi connectivity index (χ0v) is 34.7. The van der Waals surface area contributed by atoms with Gasteiger partial charge in [0.25, 0.3) is 0 Å². The summed E-state index contributed by atoms with van der Waals surface area (Å²) < 4.78 is 4.65. The van der Waals surface area contributed by atoms with Gasteiger partial charge in [-0.05, 0) is 132 Å². The molecule has 298 valence electrons. The molecule has 0 saturated carbocycles. The van der Waals surface area contributed by atoms with Crippen LogP contribution >= 0.6 is 0 Å². The maximum Gasteiger partial charge on any atom is 0.0541 e. The van der Waals surface area contributed by atoms with Crippen molar-refractivity contribution in [1.82, 2.24) is 9.13 Å². The van der Waals surface area contributed by atoms with Gasteiger partial charge in [-0.1, -0.05) is 152 Å². The second kappa shape index (κ2) is 18.8. The summed E-state index contributed by atoms with van der Waals surface area (Å²) in [5.41, 5.74) is 24.0. The van der Waals surface area contributed by atoms with Crippen LogP contribution in [0.25, 0.3) is 71.7 Å². The van der Waals surface area contributed by atoms with E-state index in [1.807, 2.05) is 31.2 Å².